The number of sulfone groups is 1. The van der Waals surface area contributed by atoms with Gasteiger partial charge in [-0.15, -0.1) is 0 Å². The molecule has 2 aromatic rings. The van der Waals surface area contributed by atoms with Crippen LogP contribution >= 0.6 is 23.2 Å². The summed E-state index contributed by atoms with van der Waals surface area (Å²) in [4.78, 5) is 12.1. The van der Waals surface area contributed by atoms with Crippen molar-refractivity contribution < 1.29 is 13.2 Å². The van der Waals surface area contributed by atoms with Crippen molar-refractivity contribution in [2.45, 2.75) is 18.2 Å². The number of hydrogen-bond acceptors (Lipinski definition) is 3. The van der Waals surface area contributed by atoms with Crippen LogP contribution in [0.25, 0.3) is 0 Å². The van der Waals surface area contributed by atoms with Crippen molar-refractivity contribution in [3.63, 3.8) is 0 Å². The minimum Gasteiger partial charge on any atom is -0.338 e. The number of nitrogens with one attached hydrogen (secondary N) is 2. The van der Waals surface area contributed by atoms with Crippen molar-refractivity contribution >= 4 is 44.8 Å². The first-order valence-corrected chi connectivity index (χ1v) is 9.98. The molecule has 5 nitrogen and oxygen atoms in total. The van der Waals surface area contributed by atoms with Gasteiger partial charge in [-0.25, -0.2) is 13.2 Å². The molecule has 0 aliphatic heterocycles. The van der Waals surface area contributed by atoms with E-state index < -0.39 is 15.9 Å². The Morgan fingerprint density at radius 1 is 1.04 bits per heavy atom. The van der Waals surface area contributed by atoms with Crippen LogP contribution in [-0.4, -0.2) is 26.7 Å². The second kappa shape index (κ2) is 8.56. The van der Waals surface area contributed by atoms with Gasteiger partial charge in [-0.1, -0.05) is 40.9 Å². The molecule has 0 saturated carbocycles. The minimum absolute atomic E-state index is 0.0386. The lowest BCUT2D eigenvalue weighted by molar-refractivity contribution is 0.252. The van der Waals surface area contributed by atoms with Crippen molar-refractivity contribution in [1.29, 1.82) is 0 Å². The van der Waals surface area contributed by atoms with E-state index in [-0.39, 0.29) is 12.3 Å². The van der Waals surface area contributed by atoms with Crippen molar-refractivity contribution in [2.75, 3.05) is 17.6 Å². The van der Waals surface area contributed by atoms with E-state index in [4.69, 9.17) is 23.2 Å². The summed E-state index contributed by atoms with van der Waals surface area (Å²) < 4.78 is 24.4. The SMILES string of the molecule is Cc1ccc(S(=O)(=O)CCCNC(=O)Nc2ccc(Cl)c(Cl)c2)cc1. The van der Waals surface area contributed by atoms with Crippen LogP contribution in [0.1, 0.15) is 12.0 Å². The molecule has 0 fully saturated rings. The summed E-state index contributed by atoms with van der Waals surface area (Å²) in [6.45, 7) is 2.13. The van der Waals surface area contributed by atoms with Crippen LogP contribution in [-0.2, 0) is 9.84 Å². The number of urea groups is 1. The van der Waals surface area contributed by atoms with E-state index in [0.29, 0.717) is 27.0 Å². The van der Waals surface area contributed by atoms with Gasteiger partial charge in [0.1, 0.15) is 0 Å². The molecule has 0 radical (unpaired) electrons. The Morgan fingerprint density at radius 2 is 1.72 bits per heavy atom. The number of benzene rings is 2. The molecule has 0 aliphatic rings. The number of anilines is 1. The summed E-state index contributed by atoms with van der Waals surface area (Å²) in [6.07, 6.45) is 0.311. The van der Waals surface area contributed by atoms with Gasteiger partial charge in [0.25, 0.3) is 0 Å². The highest BCUT2D eigenvalue weighted by Gasteiger charge is 2.13. The fourth-order valence-corrected chi connectivity index (χ4v) is 3.69. The Kier molecular flexibility index (Phi) is 6.70. The molecule has 0 aliphatic carbocycles. The Labute approximate surface area is 157 Å². The van der Waals surface area contributed by atoms with E-state index in [1.165, 1.54) is 6.07 Å². The summed E-state index contributed by atoms with van der Waals surface area (Å²) in [5, 5.41) is 5.94. The molecule has 0 bridgehead atoms. The van der Waals surface area contributed by atoms with Crippen LogP contribution < -0.4 is 10.6 Å². The first kappa shape index (κ1) is 19.6. The Hall–Kier alpha value is -1.76. The van der Waals surface area contributed by atoms with E-state index in [1.807, 2.05) is 6.92 Å². The average Bonchev–Trinajstić information content (AvgIpc) is 2.55. The molecule has 0 spiro atoms. The van der Waals surface area contributed by atoms with Gasteiger partial charge >= 0.3 is 6.03 Å². The highest BCUT2D eigenvalue weighted by Crippen LogP contribution is 2.24. The molecule has 0 unspecified atom stereocenters. The first-order valence-electron chi connectivity index (χ1n) is 7.57. The van der Waals surface area contributed by atoms with Gasteiger partial charge < -0.3 is 10.6 Å². The van der Waals surface area contributed by atoms with Crippen LogP contribution in [0.4, 0.5) is 10.5 Å². The molecule has 8 heteroatoms. The van der Waals surface area contributed by atoms with Crippen LogP contribution in [0.5, 0.6) is 0 Å². The van der Waals surface area contributed by atoms with Crippen molar-refractivity contribution in [3.8, 4) is 0 Å². The second-order valence-corrected chi connectivity index (χ2v) is 8.42. The number of aryl methyl sites for hydroxylation is 1. The highest BCUT2D eigenvalue weighted by atomic mass is 35.5. The van der Waals surface area contributed by atoms with Gasteiger partial charge in [-0.05, 0) is 43.7 Å². The quantitative estimate of drug-likeness (QED) is 0.710. The Morgan fingerprint density at radius 3 is 2.36 bits per heavy atom. The average molecular weight is 401 g/mol. The maximum Gasteiger partial charge on any atom is 0.319 e. The maximum atomic E-state index is 12.2. The van der Waals surface area contributed by atoms with Crippen molar-refractivity contribution in [2.24, 2.45) is 0 Å². The molecule has 134 valence electrons. The van der Waals surface area contributed by atoms with Gasteiger partial charge in [0.15, 0.2) is 9.84 Å². The zero-order valence-electron chi connectivity index (χ0n) is 13.6. The molecular formula is C17H18Cl2N2O3S. The zero-order chi connectivity index (χ0) is 18.4. The van der Waals surface area contributed by atoms with Gasteiger partial charge in [-0.2, -0.15) is 0 Å². The summed E-state index contributed by atoms with van der Waals surface area (Å²) in [5.74, 6) is -0.0386. The van der Waals surface area contributed by atoms with Crippen LogP contribution in [0, 0.1) is 6.92 Å². The lowest BCUT2D eigenvalue weighted by Gasteiger charge is -2.09. The third kappa shape index (κ3) is 5.92. The standard InChI is InChI=1S/C17H18Cl2N2O3S/c1-12-3-6-14(7-4-12)25(23,24)10-2-9-20-17(22)21-13-5-8-15(18)16(19)11-13/h3-8,11H,2,9-10H2,1H3,(H2,20,21,22). The Balaban J connectivity index is 1.79. The van der Waals surface area contributed by atoms with Crippen molar-refractivity contribution in [3.05, 3.63) is 58.1 Å². The smallest absolute Gasteiger partial charge is 0.319 e. The molecule has 0 heterocycles. The number of amides is 2. The molecule has 0 saturated heterocycles. The summed E-state index contributed by atoms with van der Waals surface area (Å²) in [7, 11) is -3.35. The third-order valence-electron chi connectivity index (χ3n) is 3.43. The molecule has 2 aromatic carbocycles. The monoisotopic (exact) mass is 400 g/mol. The minimum atomic E-state index is -3.35. The number of halogens is 2. The zero-order valence-corrected chi connectivity index (χ0v) is 15.9. The number of carbonyl (C=O) groups is 1. The number of carbonyl (C=O) groups excluding carboxylic acids is 1. The summed E-state index contributed by atoms with van der Waals surface area (Å²) in [6, 6.07) is 11.0. The van der Waals surface area contributed by atoms with E-state index in [0.717, 1.165) is 5.56 Å². The predicted molar refractivity (Wildman–Crippen MR) is 101 cm³/mol. The second-order valence-electron chi connectivity index (χ2n) is 5.50. The predicted octanol–water partition coefficient (Wildman–Crippen LogP) is 4.29. The lowest BCUT2D eigenvalue weighted by Crippen LogP contribution is -2.30. The third-order valence-corrected chi connectivity index (χ3v) is 5.99. The molecule has 25 heavy (non-hydrogen) atoms. The first-order chi connectivity index (χ1) is 11.8. The van der Waals surface area contributed by atoms with Crippen LogP contribution in [0.2, 0.25) is 10.0 Å². The van der Waals surface area contributed by atoms with Crippen LogP contribution in [0.3, 0.4) is 0 Å². The van der Waals surface area contributed by atoms with E-state index in [9.17, 15) is 13.2 Å². The molecule has 0 atom stereocenters. The van der Waals surface area contributed by atoms with Gasteiger partial charge in [0, 0.05) is 12.2 Å². The van der Waals surface area contributed by atoms with Crippen molar-refractivity contribution in [1.82, 2.24) is 5.32 Å². The molecule has 0 aromatic heterocycles. The number of hydrogen-bond donors (Lipinski definition) is 2. The maximum absolute atomic E-state index is 12.2. The van der Waals surface area contributed by atoms with E-state index >= 15 is 0 Å². The summed E-state index contributed by atoms with van der Waals surface area (Å²) in [5.41, 5.74) is 1.50. The molecule has 2 amide bonds. The van der Waals surface area contributed by atoms with E-state index in [1.54, 1.807) is 36.4 Å². The molecule has 2 rings (SSSR count). The molecular weight excluding hydrogens is 383 g/mol. The van der Waals surface area contributed by atoms with Gasteiger partial charge in [0.05, 0.1) is 20.7 Å². The highest BCUT2D eigenvalue weighted by molar-refractivity contribution is 7.91. The van der Waals surface area contributed by atoms with Crippen LogP contribution in [0.15, 0.2) is 47.4 Å². The Bertz CT molecular complexity index is 853. The fraction of sp³-hybridized carbons (Fsp3) is 0.235. The van der Waals surface area contributed by atoms with E-state index in [2.05, 4.69) is 10.6 Å². The fourth-order valence-electron chi connectivity index (χ4n) is 2.08. The topological polar surface area (TPSA) is 75.3 Å². The largest absolute Gasteiger partial charge is 0.338 e. The molecule has 2 N–H and O–H groups in total. The van der Waals surface area contributed by atoms with Gasteiger partial charge in [0.2, 0.25) is 0 Å². The normalized spacial score (nSPS) is 11.2. The lowest BCUT2D eigenvalue weighted by atomic mass is 10.2. The summed E-state index contributed by atoms with van der Waals surface area (Å²) >= 11 is 11.7. The van der Waals surface area contributed by atoms with Gasteiger partial charge in [-0.3, -0.25) is 0 Å². The number of rotatable bonds is 6.